The fourth-order valence-electron chi connectivity index (χ4n) is 5.07. The molecule has 1 aliphatic rings. The number of nitrogens with zero attached hydrogens (tertiary/aromatic N) is 3. The Labute approximate surface area is 238 Å². The second-order valence-corrected chi connectivity index (χ2v) is 10.8. The molecule has 2 amide bonds. The molecule has 0 fully saturated rings. The Morgan fingerprint density at radius 1 is 1.07 bits per heavy atom. The van der Waals surface area contributed by atoms with Gasteiger partial charge in [0.2, 0.25) is 11.8 Å². The summed E-state index contributed by atoms with van der Waals surface area (Å²) in [6.07, 6.45) is 7.85. The average Bonchev–Trinajstić information content (AvgIpc) is 3.41. The smallest absolute Gasteiger partial charge is 0.234 e. The van der Waals surface area contributed by atoms with Crippen LogP contribution in [0, 0.1) is 0 Å². The van der Waals surface area contributed by atoms with Crippen molar-refractivity contribution < 1.29 is 14.3 Å². The van der Waals surface area contributed by atoms with Gasteiger partial charge < -0.3 is 19.9 Å². The molecule has 2 heterocycles. The van der Waals surface area contributed by atoms with Crippen molar-refractivity contribution in [3.05, 3.63) is 83.4 Å². The number of carbonyl (C=O) groups is 2. The third-order valence-corrected chi connectivity index (χ3v) is 7.06. The van der Waals surface area contributed by atoms with E-state index >= 15 is 0 Å². The van der Waals surface area contributed by atoms with Crippen molar-refractivity contribution in [3.63, 3.8) is 0 Å². The third kappa shape index (κ3) is 9.23. The maximum atomic E-state index is 12.8. The number of fused-ring (bicyclic) bond motifs is 1. The molecular weight excluding hydrogens is 502 g/mol. The lowest BCUT2D eigenvalue weighted by atomic mass is 10.1. The van der Waals surface area contributed by atoms with E-state index in [-0.39, 0.29) is 11.8 Å². The van der Waals surface area contributed by atoms with Crippen LogP contribution in [0.4, 0.5) is 0 Å². The van der Waals surface area contributed by atoms with Crippen LogP contribution < -0.4 is 15.4 Å². The molecule has 214 valence electrons. The molecule has 2 N–H and O–H groups in total. The van der Waals surface area contributed by atoms with Gasteiger partial charge in [-0.1, -0.05) is 56.3 Å². The Morgan fingerprint density at radius 3 is 2.75 bits per heavy atom. The van der Waals surface area contributed by atoms with Gasteiger partial charge in [0.1, 0.15) is 11.6 Å². The molecule has 0 bridgehead atoms. The Kier molecular flexibility index (Phi) is 11.2. The highest BCUT2D eigenvalue weighted by atomic mass is 16.5. The number of aryl methyl sites for hydroxylation is 1. The molecule has 3 aromatic rings. The Morgan fingerprint density at radius 2 is 1.93 bits per heavy atom. The van der Waals surface area contributed by atoms with Crippen LogP contribution in [0.1, 0.15) is 68.0 Å². The number of imidazole rings is 1. The molecule has 40 heavy (non-hydrogen) atoms. The van der Waals surface area contributed by atoms with Gasteiger partial charge in [-0.05, 0) is 42.9 Å². The highest BCUT2D eigenvalue weighted by Crippen LogP contribution is 2.24. The largest absolute Gasteiger partial charge is 0.493 e. The van der Waals surface area contributed by atoms with Crippen LogP contribution in [-0.2, 0) is 35.6 Å². The van der Waals surface area contributed by atoms with Crippen molar-refractivity contribution in [2.45, 2.75) is 71.5 Å². The summed E-state index contributed by atoms with van der Waals surface area (Å²) in [7, 11) is 0. The molecule has 0 saturated heterocycles. The van der Waals surface area contributed by atoms with Gasteiger partial charge in [0.15, 0.2) is 0 Å². The van der Waals surface area contributed by atoms with Crippen molar-refractivity contribution in [2.75, 3.05) is 26.2 Å². The number of benzene rings is 2. The lowest BCUT2D eigenvalue weighted by molar-refractivity contribution is -0.122. The van der Waals surface area contributed by atoms with Crippen LogP contribution in [0.2, 0.25) is 0 Å². The second-order valence-electron chi connectivity index (χ2n) is 10.8. The van der Waals surface area contributed by atoms with Crippen LogP contribution in [0.3, 0.4) is 0 Å². The molecule has 0 aliphatic carbocycles. The summed E-state index contributed by atoms with van der Waals surface area (Å²) < 4.78 is 8.34. The zero-order chi connectivity index (χ0) is 28.2. The fraction of sp³-hybridized carbons (Fsp3) is 0.469. The maximum Gasteiger partial charge on any atom is 0.234 e. The van der Waals surface area contributed by atoms with Gasteiger partial charge in [-0.15, -0.1) is 0 Å². The summed E-state index contributed by atoms with van der Waals surface area (Å²) in [5.74, 6) is 2.30. The lowest BCUT2D eigenvalue weighted by Crippen LogP contribution is -2.37. The van der Waals surface area contributed by atoms with E-state index in [0.29, 0.717) is 51.7 Å². The van der Waals surface area contributed by atoms with Crippen LogP contribution >= 0.6 is 0 Å². The fourth-order valence-corrected chi connectivity index (χ4v) is 5.07. The molecule has 8 nitrogen and oxygen atoms in total. The third-order valence-electron chi connectivity index (χ3n) is 7.06. The zero-order valence-corrected chi connectivity index (χ0v) is 23.9. The van der Waals surface area contributed by atoms with E-state index in [9.17, 15) is 9.59 Å². The average molecular weight is 546 g/mol. The number of rotatable bonds is 9. The van der Waals surface area contributed by atoms with E-state index < -0.39 is 0 Å². The van der Waals surface area contributed by atoms with Crippen LogP contribution in [0.25, 0.3) is 0 Å². The van der Waals surface area contributed by atoms with E-state index in [2.05, 4.69) is 57.1 Å². The number of amides is 2. The molecule has 0 unspecified atom stereocenters. The normalized spacial score (nSPS) is 15.2. The zero-order valence-electron chi connectivity index (χ0n) is 23.9. The molecule has 0 radical (unpaired) electrons. The van der Waals surface area contributed by atoms with Crippen LogP contribution in [0.15, 0.2) is 60.9 Å². The molecular formula is C32H43N5O3. The first-order valence-electron chi connectivity index (χ1n) is 14.5. The Bertz CT molecular complexity index is 1220. The summed E-state index contributed by atoms with van der Waals surface area (Å²) in [6.45, 7) is 8.53. The first-order chi connectivity index (χ1) is 19.5. The van der Waals surface area contributed by atoms with Gasteiger partial charge in [0.05, 0.1) is 19.6 Å². The topological polar surface area (TPSA) is 88.5 Å². The number of hydrogen-bond donors (Lipinski definition) is 2. The first kappa shape index (κ1) is 29.3. The number of ether oxygens (including phenoxy) is 1. The van der Waals surface area contributed by atoms with Crippen LogP contribution in [0.5, 0.6) is 5.75 Å². The van der Waals surface area contributed by atoms with Gasteiger partial charge in [-0.3, -0.25) is 14.5 Å². The monoisotopic (exact) mass is 545 g/mol. The van der Waals surface area contributed by atoms with E-state index in [0.717, 1.165) is 60.5 Å². The minimum absolute atomic E-state index is 0.000689. The van der Waals surface area contributed by atoms with Crippen LogP contribution in [-0.4, -0.2) is 52.5 Å². The molecule has 0 spiro atoms. The van der Waals surface area contributed by atoms with Crippen molar-refractivity contribution >= 4 is 11.8 Å². The Balaban J connectivity index is 1.40. The molecule has 0 saturated carbocycles. The van der Waals surface area contributed by atoms with Crippen molar-refractivity contribution in [1.82, 2.24) is 25.1 Å². The quantitative estimate of drug-likeness (QED) is 0.388. The number of carbonyl (C=O) groups excluding carboxylic acids is 2. The van der Waals surface area contributed by atoms with Gasteiger partial charge in [0.25, 0.3) is 0 Å². The summed E-state index contributed by atoms with van der Waals surface area (Å²) in [4.78, 5) is 32.1. The summed E-state index contributed by atoms with van der Waals surface area (Å²) >= 11 is 0. The highest BCUT2D eigenvalue weighted by molar-refractivity contribution is 5.79. The number of hydrogen-bond acceptors (Lipinski definition) is 5. The summed E-state index contributed by atoms with van der Waals surface area (Å²) in [5.41, 5.74) is 3.08. The van der Waals surface area contributed by atoms with Crippen molar-refractivity contribution in [3.8, 4) is 5.75 Å². The van der Waals surface area contributed by atoms with Gasteiger partial charge in [-0.25, -0.2) is 4.98 Å². The first-order valence-corrected chi connectivity index (χ1v) is 14.5. The molecule has 1 aliphatic heterocycles. The number of aromatic nitrogens is 2. The molecule has 1 aromatic heterocycles. The summed E-state index contributed by atoms with van der Waals surface area (Å²) in [5, 5.41) is 6.13. The molecule has 0 atom stereocenters. The second kappa shape index (κ2) is 15.2. The van der Waals surface area contributed by atoms with Gasteiger partial charge in [-0.2, -0.15) is 0 Å². The molecule has 2 aromatic carbocycles. The minimum Gasteiger partial charge on any atom is -0.493 e. The van der Waals surface area contributed by atoms with Crippen molar-refractivity contribution in [1.29, 1.82) is 0 Å². The molecule has 4 rings (SSSR count). The number of nitrogens with one attached hydrogen (secondary N) is 2. The van der Waals surface area contributed by atoms with E-state index in [1.54, 1.807) is 0 Å². The van der Waals surface area contributed by atoms with Crippen molar-refractivity contribution in [2.24, 2.45) is 0 Å². The minimum atomic E-state index is 0.000689. The van der Waals surface area contributed by atoms with Gasteiger partial charge in [0, 0.05) is 56.6 Å². The Hall–Kier alpha value is -3.65. The van der Waals surface area contributed by atoms with E-state index in [1.165, 1.54) is 0 Å². The van der Waals surface area contributed by atoms with Gasteiger partial charge >= 0.3 is 0 Å². The predicted molar refractivity (Wildman–Crippen MR) is 157 cm³/mol. The van der Waals surface area contributed by atoms with E-state index in [4.69, 9.17) is 4.74 Å². The van der Waals surface area contributed by atoms with E-state index in [1.807, 2.05) is 42.7 Å². The lowest BCUT2D eigenvalue weighted by Gasteiger charge is -2.23. The molecule has 8 heteroatoms. The standard InChI is InChI=1S/C32H43N5O3/c1-25(2)32-35-16-18-37(32)17-9-15-33-30(38)21-27-12-13-29-28(20-27)23-36(22-26-10-5-3-6-11-26)24-31(39)34-14-7-4-8-19-40-29/h3,5-6,10-13,16,18,20,25H,4,7-9,14-15,17,19,21-24H2,1-2H3,(H,33,38)(H,34,39). The SMILES string of the molecule is CC(C)c1nccn1CCCNC(=O)Cc1ccc2c(c1)CN(Cc1ccccc1)CC(=O)NCCCCCO2. The predicted octanol–water partition coefficient (Wildman–Crippen LogP) is 4.44. The summed E-state index contributed by atoms with van der Waals surface area (Å²) in [6, 6.07) is 16.2. The maximum absolute atomic E-state index is 12.8. The highest BCUT2D eigenvalue weighted by Gasteiger charge is 2.17.